The highest BCUT2D eigenvalue weighted by molar-refractivity contribution is 6.76. The molecule has 3 aromatic heterocycles. The van der Waals surface area contributed by atoms with Crippen molar-refractivity contribution in [3.63, 3.8) is 0 Å². The van der Waals surface area contributed by atoms with Gasteiger partial charge >= 0.3 is 6.30 Å². The second-order valence-corrected chi connectivity index (χ2v) is 17.3. The smallest absolute Gasteiger partial charge is 0.361 e. The van der Waals surface area contributed by atoms with Crippen molar-refractivity contribution in [2.45, 2.75) is 51.7 Å². The van der Waals surface area contributed by atoms with Crippen LogP contribution in [0.4, 0.5) is 23.2 Å². The van der Waals surface area contributed by atoms with E-state index in [-0.39, 0.29) is 27.1 Å². The van der Waals surface area contributed by atoms with E-state index in [0.717, 1.165) is 30.0 Å². The number of hydrogen-bond acceptors (Lipinski definition) is 6. The molecule has 14 heteroatoms. The summed E-state index contributed by atoms with van der Waals surface area (Å²) in [5, 5.41) is 7.26. The number of imidazole rings is 1. The molecule has 43 heavy (non-hydrogen) atoms. The third-order valence-electron chi connectivity index (χ3n) is 7.44. The molecule has 1 unspecified atom stereocenters. The number of nitrogens with zero attached hydrogens (tertiary/aromatic N) is 6. The molecule has 0 saturated carbocycles. The van der Waals surface area contributed by atoms with Crippen LogP contribution in [0.3, 0.4) is 0 Å². The first kappa shape index (κ1) is 28.8. The Morgan fingerprint density at radius 1 is 1.09 bits per heavy atom. The predicted octanol–water partition coefficient (Wildman–Crippen LogP) is 6.87. The Balaban J connectivity index is 1.33. The number of carbonyl (C=O) groups is 1. The fourth-order valence-electron chi connectivity index (χ4n) is 5.16. The van der Waals surface area contributed by atoms with Gasteiger partial charge in [0.1, 0.15) is 18.3 Å². The fraction of sp³-hybridized carbons (Fsp3) is 0.310. The second kappa shape index (κ2) is 10.5. The fourth-order valence-corrected chi connectivity index (χ4v) is 5.92. The first-order valence-corrected chi connectivity index (χ1v) is 17.3. The summed E-state index contributed by atoms with van der Waals surface area (Å²) in [7, 11) is -1.22. The van der Waals surface area contributed by atoms with Crippen LogP contribution in [0.5, 0.6) is 0 Å². The van der Waals surface area contributed by atoms with Crippen molar-refractivity contribution in [1.82, 2.24) is 24.5 Å². The third kappa shape index (κ3) is 5.36. The molecule has 5 aromatic rings. The number of halogens is 4. The Morgan fingerprint density at radius 2 is 1.88 bits per heavy atom. The zero-order valence-electron chi connectivity index (χ0n) is 23.8. The van der Waals surface area contributed by atoms with Crippen LogP contribution in [0.15, 0.2) is 59.6 Å². The van der Waals surface area contributed by atoms with E-state index in [1.807, 2.05) is 10.6 Å². The van der Waals surface area contributed by atoms with Crippen molar-refractivity contribution in [3.05, 3.63) is 83.5 Å². The molecule has 1 atom stereocenters. The number of aryl methyl sites for hydroxylation is 1. The number of benzene rings is 2. The maximum Gasteiger partial charge on any atom is 0.504 e. The summed E-state index contributed by atoms with van der Waals surface area (Å²) < 4.78 is 67.8. The summed E-state index contributed by atoms with van der Waals surface area (Å²) in [6, 6.07) is 9.52. The number of alkyl halides is 3. The van der Waals surface area contributed by atoms with Gasteiger partial charge in [-0.15, -0.1) is 13.2 Å². The zero-order chi connectivity index (χ0) is 30.7. The molecule has 0 radical (unpaired) electrons. The van der Waals surface area contributed by atoms with E-state index in [2.05, 4.69) is 34.9 Å². The number of fused-ring (bicyclic) bond motifs is 2. The van der Waals surface area contributed by atoms with E-state index < -0.39 is 32.1 Å². The van der Waals surface area contributed by atoms with Crippen molar-refractivity contribution in [1.29, 1.82) is 0 Å². The van der Waals surface area contributed by atoms with Crippen LogP contribution in [-0.2, 0) is 17.8 Å². The molecule has 0 bridgehead atoms. The molecule has 0 fully saturated rings. The van der Waals surface area contributed by atoms with Gasteiger partial charge in [0.2, 0.25) is 0 Å². The Labute approximate surface area is 244 Å². The van der Waals surface area contributed by atoms with Gasteiger partial charge in [0.05, 0.1) is 35.2 Å². The number of amides is 1. The minimum Gasteiger partial charge on any atom is -0.361 e. The Kier molecular flexibility index (Phi) is 7.00. The number of rotatable bonds is 8. The lowest BCUT2D eigenvalue weighted by Gasteiger charge is -2.26. The molecule has 224 valence electrons. The van der Waals surface area contributed by atoms with E-state index in [0.29, 0.717) is 35.9 Å². The summed E-state index contributed by atoms with van der Waals surface area (Å²) in [5.74, 6) is -0.832. The monoisotopic (exact) mass is 612 g/mol. The quantitative estimate of drug-likeness (QED) is 0.108. The van der Waals surface area contributed by atoms with Crippen LogP contribution in [-0.4, -0.2) is 45.1 Å². The maximum absolute atomic E-state index is 15.8. The van der Waals surface area contributed by atoms with Crippen molar-refractivity contribution in [2.24, 2.45) is 0 Å². The number of hydrogen-bond donors (Lipinski definition) is 0. The van der Waals surface area contributed by atoms with E-state index in [4.69, 9.17) is 9.26 Å². The van der Waals surface area contributed by atoms with Gasteiger partial charge < -0.3 is 13.8 Å². The molecule has 1 aliphatic heterocycles. The molecular formula is C29H28F4N6O3Si. The predicted molar refractivity (Wildman–Crippen MR) is 153 cm³/mol. The molecule has 4 heterocycles. The molecule has 0 N–H and O–H groups in total. The molecule has 1 amide bonds. The van der Waals surface area contributed by atoms with Crippen LogP contribution in [0.2, 0.25) is 25.7 Å². The van der Waals surface area contributed by atoms with Gasteiger partial charge in [-0.25, -0.2) is 9.37 Å². The highest BCUT2D eigenvalue weighted by Crippen LogP contribution is 2.44. The molecule has 6 rings (SSSR count). The summed E-state index contributed by atoms with van der Waals surface area (Å²) in [5.41, 5.74) is 2.82. The Bertz CT molecular complexity index is 1840. The van der Waals surface area contributed by atoms with Crippen molar-refractivity contribution in [2.75, 3.05) is 11.5 Å². The normalized spacial score (nSPS) is 15.6. The Hall–Kier alpha value is -4.30. The van der Waals surface area contributed by atoms with Crippen molar-refractivity contribution in [3.8, 4) is 11.1 Å². The second-order valence-electron chi connectivity index (χ2n) is 11.7. The summed E-state index contributed by atoms with van der Waals surface area (Å²) >= 11 is 0. The van der Waals surface area contributed by atoms with E-state index in [1.54, 1.807) is 25.4 Å². The molecule has 2 aromatic carbocycles. The van der Waals surface area contributed by atoms with Crippen LogP contribution < -0.4 is 4.90 Å². The number of anilines is 1. The standard InChI is InChI=1S/C29H28F4N6O3Si/c1-17-25-26(36-42-17)28(40)39(20-6-8-24-23(12-20)34-15-37(24)16-41-9-10-43(2,3)4)27(25)21-7-5-18(11-22(21)30)19-13-35-38(14-19)29(31,32)33/h5-8,11-15,27H,9-10,16H2,1-4H3. The van der Waals surface area contributed by atoms with Crippen LogP contribution in [0.25, 0.3) is 22.2 Å². The van der Waals surface area contributed by atoms with Crippen molar-refractivity contribution < 1.29 is 31.6 Å². The van der Waals surface area contributed by atoms with E-state index >= 15 is 4.39 Å². The molecule has 1 aliphatic rings. The minimum absolute atomic E-state index is 0.0684. The molecular weight excluding hydrogens is 584 g/mol. The minimum atomic E-state index is -4.69. The number of ether oxygens (including phenoxy) is 1. The molecule has 9 nitrogen and oxygen atoms in total. The van der Waals surface area contributed by atoms with Gasteiger partial charge in [-0.2, -0.15) is 9.78 Å². The SMILES string of the molecule is Cc1onc2c1C(c1ccc(-c3cnn(C(F)(F)F)c3)cc1F)N(c1ccc3c(c1)ncn3COCC[Si](C)(C)C)C2=O. The lowest BCUT2D eigenvalue weighted by Crippen LogP contribution is -2.29. The number of carbonyl (C=O) groups excluding carboxylic acids is 1. The first-order valence-electron chi connectivity index (χ1n) is 13.6. The average molecular weight is 613 g/mol. The van der Waals surface area contributed by atoms with E-state index in [9.17, 15) is 18.0 Å². The average Bonchev–Trinajstić information content (AvgIpc) is 3.71. The van der Waals surface area contributed by atoms with Gasteiger partial charge in [0.15, 0.2) is 5.69 Å². The summed E-state index contributed by atoms with van der Waals surface area (Å²) in [6.07, 6.45) is -1.22. The lowest BCUT2D eigenvalue weighted by molar-refractivity contribution is -0.212. The van der Waals surface area contributed by atoms with Crippen LogP contribution in [0, 0.1) is 12.7 Å². The van der Waals surface area contributed by atoms with Crippen LogP contribution in [0.1, 0.15) is 33.4 Å². The van der Waals surface area contributed by atoms with Gasteiger partial charge in [0, 0.05) is 37.7 Å². The zero-order valence-corrected chi connectivity index (χ0v) is 24.8. The van der Waals surface area contributed by atoms with E-state index in [1.165, 1.54) is 17.0 Å². The molecule has 0 saturated heterocycles. The lowest BCUT2D eigenvalue weighted by atomic mass is 9.96. The largest absolute Gasteiger partial charge is 0.504 e. The van der Waals surface area contributed by atoms with Crippen LogP contribution >= 0.6 is 0 Å². The Morgan fingerprint density at radius 3 is 2.58 bits per heavy atom. The molecule has 0 aliphatic carbocycles. The highest BCUT2D eigenvalue weighted by Gasteiger charge is 2.45. The van der Waals surface area contributed by atoms with Gasteiger partial charge in [-0.1, -0.05) is 36.9 Å². The number of aromatic nitrogens is 5. The van der Waals surface area contributed by atoms with Gasteiger partial charge in [-0.05, 0) is 42.8 Å². The maximum atomic E-state index is 15.8. The first-order chi connectivity index (χ1) is 20.3. The highest BCUT2D eigenvalue weighted by atomic mass is 28.3. The topological polar surface area (TPSA) is 91.2 Å². The molecule has 0 spiro atoms. The van der Waals surface area contributed by atoms with Gasteiger partial charge in [-0.3, -0.25) is 9.69 Å². The van der Waals surface area contributed by atoms with Crippen molar-refractivity contribution >= 4 is 30.7 Å². The third-order valence-corrected chi connectivity index (χ3v) is 9.15. The summed E-state index contributed by atoms with van der Waals surface area (Å²) in [4.78, 5) is 19.5. The summed E-state index contributed by atoms with van der Waals surface area (Å²) in [6.45, 7) is 9.49. The van der Waals surface area contributed by atoms with Gasteiger partial charge in [0.25, 0.3) is 5.91 Å².